The lowest BCUT2D eigenvalue weighted by atomic mass is 10.0. The molecule has 4 N–H and O–H groups in total. The minimum atomic E-state index is -4.74. The molecular weight excluding hydrogens is 801 g/mol. The smallest absolute Gasteiger partial charge is 0.472 e. The number of carboxylic acid groups (broad SMARTS) is 1. The first-order chi connectivity index (χ1) is 29.3. The third kappa shape index (κ3) is 24.5. The van der Waals surface area contributed by atoms with Gasteiger partial charge in [0.1, 0.15) is 35.7 Å². The normalized spacial score (nSPS) is 13.6. The van der Waals surface area contributed by atoms with Crippen LogP contribution in [0, 0.1) is 20.8 Å². The summed E-state index contributed by atoms with van der Waals surface area (Å²) >= 11 is 0. The van der Waals surface area contributed by atoms with Gasteiger partial charge in [0.2, 0.25) is 0 Å². The summed E-state index contributed by atoms with van der Waals surface area (Å²) in [6.45, 7) is 9.11. The Bertz CT molecular complexity index is 1570. The minimum Gasteiger partial charge on any atom is -0.480 e. The van der Waals surface area contributed by atoms with E-state index in [0.717, 1.165) is 132 Å². The van der Waals surface area contributed by atoms with Crippen molar-refractivity contribution in [2.75, 3.05) is 19.8 Å². The first-order valence-electron chi connectivity index (χ1n) is 23.4. The van der Waals surface area contributed by atoms with Gasteiger partial charge >= 0.3 is 25.7 Å². The number of rotatable bonds is 38. The van der Waals surface area contributed by atoms with Crippen molar-refractivity contribution in [3.05, 3.63) is 45.8 Å². The highest BCUT2D eigenvalue weighted by molar-refractivity contribution is 7.47. The van der Waals surface area contributed by atoms with E-state index in [0.29, 0.717) is 12.8 Å². The van der Waals surface area contributed by atoms with Gasteiger partial charge in [-0.05, 0) is 82.1 Å². The van der Waals surface area contributed by atoms with E-state index in [4.69, 9.17) is 33.7 Å². The van der Waals surface area contributed by atoms with E-state index < -0.39 is 51.1 Å². The first kappa shape index (κ1) is 54.2. The summed E-state index contributed by atoms with van der Waals surface area (Å²) in [5.74, 6) is 2.03. The van der Waals surface area contributed by atoms with E-state index in [1.807, 2.05) is 0 Å². The van der Waals surface area contributed by atoms with Crippen LogP contribution in [0.25, 0.3) is 0 Å². The van der Waals surface area contributed by atoms with Gasteiger partial charge in [0, 0.05) is 38.5 Å². The van der Waals surface area contributed by atoms with E-state index in [-0.39, 0.29) is 19.4 Å². The number of aliphatic carboxylic acids is 1. The highest BCUT2D eigenvalue weighted by atomic mass is 31.2. The van der Waals surface area contributed by atoms with Crippen molar-refractivity contribution in [2.24, 2.45) is 5.73 Å². The maximum Gasteiger partial charge on any atom is 0.472 e. The second-order valence-corrected chi connectivity index (χ2v) is 18.1. The lowest BCUT2D eigenvalue weighted by Gasteiger charge is -2.20. The number of aryl methyl sites for hydroxylation is 5. The quantitative estimate of drug-likeness (QED) is 0.0327. The Morgan fingerprint density at radius 2 is 1.08 bits per heavy atom. The lowest BCUT2D eigenvalue weighted by molar-refractivity contribution is -0.161. The molecule has 2 rings (SSSR count). The zero-order chi connectivity index (χ0) is 44.9. The van der Waals surface area contributed by atoms with Crippen LogP contribution in [-0.4, -0.2) is 59.9 Å². The summed E-state index contributed by atoms with van der Waals surface area (Å²) in [6, 6.07) is 0.656. The van der Waals surface area contributed by atoms with E-state index in [2.05, 4.69) is 45.2 Å². The fourth-order valence-corrected chi connectivity index (χ4v) is 7.98. The standard InChI is InChI=1S/C47H80NO12P/c1-6-8-20-26-39-32-36(3)42(58-39)27-22-16-12-10-11-13-19-25-31-46(50)59-40(34-56-61(53,54)57-35-41(48)47(51)52)33-55-45(49)30-24-18-15-14-17-23-29-44-38(5)37(4)43(60-44)28-21-9-7-2/h32,40-41H,6-31,33-35,48H2,1-5H3,(H,51,52)(H,53,54). The number of hydrogen-bond donors (Lipinski definition) is 3. The summed E-state index contributed by atoms with van der Waals surface area (Å²) in [7, 11) is -4.74. The molecule has 0 spiro atoms. The number of carboxylic acids is 1. The van der Waals surface area contributed by atoms with Gasteiger partial charge in [-0.3, -0.25) is 23.4 Å². The molecule has 350 valence electrons. The molecule has 0 aliphatic rings. The number of esters is 2. The van der Waals surface area contributed by atoms with Crippen LogP contribution in [0.3, 0.4) is 0 Å². The molecular formula is C47H80NO12P. The number of phosphoric ester groups is 1. The van der Waals surface area contributed by atoms with Crippen LogP contribution in [0.5, 0.6) is 0 Å². The molecule has 0 fully saturated rings. The maximum absolute atomic E-state index is 12.7. The van der Waals surface area contributed by atoms with Gasteiger partial charge in [0.25, 0.3) is 0 Å². The van der Waals surface area contributed by atoms with Crippen LogP contribution < -0.4 is 5.73 Å². The first-order valence-corrected chi connectivity index (χ1v) is 24.9. The number of phosphoric acid groups is 1. The van der Waals surface area contributed by atoms with Crippen molar-refractivity contribution >= 4 is 25.7 Å². The van der Waals surface area contributed by atoms with E-state index >= 15 is 0 Å². The van der Waals surface area contributed by atoms with Crippen LogP contribution in [0.2, 0.25) is 0 Å². The zero-order valence-corrected chi connectivity index (χ0v) is 39.1. The van der Waals surface area contributed by atoms with Crippen molar-refractivity contribution in [3.8, 4) is 0 Å². The van der Waals surface area contributed by atoms with Gasteiger partial charge in [-0.2, -0.15) is 0 Å². The number of ether oxygens (including phenoxy) is 2. The third-order valence-corrected chi connectivity index (χ3v) is 12.2. The molecule has 14 heteroatoms. The van der Waals surface area contributed by atoms with Crippen molar-refractivity contribution in [1.82, 2.24) is 0 Å². The van der Waals surface area contributed by atoms with Crippen LogP contribution in [-0.2, 0) is 63.2 Å². The molecule has 3 atom stereocenters. The second kappa shape index (κ2) is 31.8. The molecule has 2 aromatic heterocycles. The minimum absolute atomic E-state index is 0.134. The summed E-state index contributed by atoms with van der Waals surface area (Å²) in [5, 5.41) is 8.93. The Hall–Kier alpha value is -2.96. The van der Waals surface area contributed by atoms with Gasteiger partial charge in [-0.25, -0.2) is 4.57 Å². The molecule has 0 aromatic carbocycles. The Morgan fingerprint density at radius 3 is 1.62 bits per heavy atom. The van der Waals surface area contributed by atoms with E-state index in [9.17, 15) is 23.8 Å². The summed E-state index contributed by atoms with van der Waals surface area (Å²) in [5.41, 5.74) is 9.17. The molecule has 2 aromatic rings. The summed E-state index contributed by atoms with van der Waals surface area (Å²) in [6.07, 6.45) is 24.0. The Labute approximate surface area is 366 Å². The van der Waals surface area contributed by atoms with E-state index in [1.165, 1.54) is 48.8 Å². The van der Waals surface area contributed by atoms with E-state index in [1.54, 1.807) is 0 Å². The van der Waals surface area contributed by atoms with Gasteiger partial charge in [0.05, 0.1) is 13.2 Å². The largest absolute Gasteiger partial charge is 0.480 e. The molecule has 0 bridgehead atoms. The van der Waals surface area contributed by atoms with Crippen LogP contribution >= 0.6 is 7.82 Å². The number of nitrogens with two attached hydrogens (primary N) is 1. The maximum atomic E-state index is 12.7. The molecule has 0 radical (unpaired) electrons. The number of furan rings is 2. The SMILES string of the molecule is CCCCCc1cc(C)c(CCCCCCCCCCC(=O)OC(COC(=O)CCCCCCCCc2oc(CCCCC)c(C)c2C)COP(=O)(O)OCC(N)C(=O)O)o1. The molecule has 13 nitrogen and oxygen atoms in total. The average Bonchev–Trinajstić information content (AvgIpc) is 3.72. The van der Waals surface area contributed by atoms with Crippen molar-refractivity contribution < 1.29 is 56.3 Å². The van der Waals surface area contributed by atoms with Crippen LogP contribution in [0.15, 0.2) is 14.9 Å². The lowest BCUT2D eigenvalue weighted by Crippen LogP contribution is -2.34. The highest BCUT2D eigenvalue weighted by Gasteiger charge is 2.28. The van der Waals surface area contributed by atoms with Gasteiger partial charge in [-0.1, -0.05) is 104 Å². The number of unbranched alkanes of at least 4 members (excludes halogenated alkanes) is 16. The summed E-state index contributed by atoms with van der Waals surface area (Å²) in [4.78, 5) is 46.3. The summed E-state index contributed by atoms with van der Waals surface area (Å²) < 4.78 is 45.2. The Kier molecular flexibility index (Phi) is 28.3. The van der Waals surface area contributed by atoms with Crippen molar-refractivity contribution in [1.29, 1.82) is 0 Å². The zero-order valence-electron chi connectivity index (χ0n) is 38.2. The average molecular weight is 882 g/mol. The predicted molar refractivity (Wildman–Crippen MR) is 238 cm³/mol. The topological polar surface area (TPSA) is 198 Å². The molecule has 2 heterocycles. The highest BCUT2D eigenvalue weighted by Crippen LogP contribution is 2.43. The van der Waals surface area contributed by atoms with Gasteiger partial charge < -0.3 is 34.0 Å². The monoisotopic (exact) mass is 882 g/mol. The fraction of sp³-hybridized carbons (Fsp3) is 0.766. The van der Waals surface area contributed by atoms with Gasteiger partial charge in [0.15, 0.2) is 6.10 Å². The van der Waals surface area contributed by atoms with Crippen LogP contribution in [0.1, 0.15) is 195 Å². The third-order valence-electron chi connectivity index (χ3n) is 11.2. The van der Waals surface area contributed by atoms with Crippen LogP contribution in [0.4, 0.5) is 0 Å². The molecule has 0 saturated heterocycles. The Balaban J connectivity index is 1.66. The molecule has 0 amide bonds. The Morgan fingerprint density at radius 1 is 0.623 bits per heavy atom. The second-order valence-electron chi connectivity index (χ2n) is 16.7. The number of carbonyl (C=O) groups excluding carboxylic acids is 2. The molecule has 3 unspecified atom stereocenters. The molecule has 0 saturated carbocycles. The molecule has 0 aliphatic carbocycles. The van der Waals surface area contributed by atoms with Crippen molar-refractivity contribution in [2.45, 2.75) is 214 Å². The predicted octanol–water partition coefficient (Wildman–Crippen LogP) is 11.3. The van der Waals surface area contributed by atoms with Gasteiger partial charge in [-0.15, -0.1) is 0 Å². The molecule has 61 heavy (non-hydrogen) atoms. The number of hydrogen-bond acceptors (Lipinski definition) is 11. The fourth-order valence-electron chi connectivity index (χ4n) is 7.20. The van der Waals surface area contributed by atoms with Crippen molar-refractivity contribution in [3.63, 3.8) is 0 Å². The molecule has 0 aliphatic heterocycles. The number of carbonyl (C=O) groups is 3.